The van der Waals surface area contributed by atoms with Gasteiger partial charge in [-0.3, -0.25) is 0 Å². The lowest BCUT2D eigenvalue weighted by molar-refractivity contribution is -0.133. The van der Waals surface area contributed by atoms with E-state index >= 15 is 0 Å². The summed E-state index contributed by atoms with van der Waals surface area (Å²) >= 11 is 0. The molecule has 3 heteroatoms. The molecule has 0 saturated carbocycles. The molecule has 0 saturated heterocycles. The van der Waals surface area contributed by atoms with Gasteiger partial charge < -0.3 is 9.84 Å². The molecule has 0 aliphatic rings. The van der Waals surface area contributed by atoms with Gasteiger partial charge in [0.1, 0.15) is 5.75 Å². The summed E-state index contributed by atoms with van der Waals surface area (Å²) in [4.78, 5) is 11.0. The van der Waals surface area contributed by atoms with Crippen molar-refractivity contribution in [2.24, 2.45) is 5.92 Å². The van der Waals surface area contributed by atoms with Crippen molar-refractivity contribution in [1.29, 1.82) is 0 Å². The Hall–Kier alpha value is -1.77. The molecule has 1 rings (SSSR count). The van der Waals surface area contributed by atoms with Crippen LogP contribution >= 0.6 is 0 Å². The number of hydrogen-bond donors (Lipinski definition) is 1. The number of carbonyl (C=O) groups is 1. The summed E-state index contributed by atoms with van der Waals surface area (Å²) in [6.07, 6.45) is 1.69. The molecule has 0 aliphatic heterocycles. The second-order valence-corrected chi connectivity index (χ2v) is 3.83. The Labute approximate surface area is 95.4 Å². The van der Waals surface area contributed by atoms with Gasteiger partial charge in [0.05, 0.1) is 7.11 Å². The average Bonchev–Trinajstić information content (AvgIpc) is 2.25. The quantitative estimate of drug-likeness (QED) is 0.793. The molecule has 0 unspecified atom stereocenters. The summed E-state index contributed by atoms with van der Waals surface area (Å²) in [5.41, 5.74) is 1.28. The third kappa shape index (κ3) is 3.12. The molecule has 0 fully saturated rings. The predicted octanol–water partition coefficient (Wildman–Crippen LogP) is 2.82. The molecule has 0 spiro atoms. The molecule has 3 nitrogen and oxygen atoms in total. The van der Waals surface area contributed by atoms with E-state index in [2.05, 4.69) is 0 Å². The predicted molar refractivity (Wildman–Crippen MR) is 63.4 cm³/mol. The normalized spacial score (nSPS) is 11.6. The van der Waals surface area contributed by atoms with Crippen LogP contribution in [-0.2, 0) is 4.79 Å². The Kier molecular flexibility index (Phi) is 4.11. The minimum Gasteiger partial charge on any atom is -0.497 e. The summed E-state index contributed by atoms with van der Waals surface area (Å²) in [6.45, 7) is 3.73. The van der Waals surface area contributed by atoms with E-state index in [4.69, 9.17) is 9.84 Å². The highest BCUT2D eigenvalue weighted by molar-refractivity contribution is 5.92. The Balaban J connectivity index is 2.99. The second-order valence-electron chi connectivity index (χ2n) is 3.83. The fraction of sp³-hybridized carbons (Fsp3) is 0.308. The molecule has 86 valence electrons. The Morgan fingerprint density at radius 2 is 1.88 bits per heavy atom. The molecule has 1 aromatic rings. The van der Waals surface area contributed by atoms with Crippen LogP contribution in [-0.4, -0.2) is 18.2 Å². The second kappa shape index (κ2) is 5.35. The van der Waals surface area contributed by atoms with Crippen molar-refractivity contribution < 1.29 is 14.6 Å². The maximum absolute atomic E-state index is 11.0. The van der Waals surface area contributed by atoms with Crippen molar-refractivity contribution in [3.05, 3.63) is 35.4 Å². The fourth-order valence-electron chi connectivity index (χ4n) is 1.36. The first-order chi connectivity index (χ1) is 7.54. The topological polar surface area (TPSA) is 46.5 Å². The number of hydrogen-bond acceptors (Lipinski definition) is 2. The first-order valence-electron chi connectivity index (χ1n) is 5.13. The van der Waals surface area contributed by atoms with Gasteiger partial charge in [0.2, 0.25) is 0 Å². The standard InChI is InChI=1S/C13H16O3/c1-9(2)12(13(14)15)8-10-4-6-11(16-3)7-5-10/h4-9H,1-3H3,(H,14,15)/b12-8-. The number of rotatable bonds is 4. The van der Waals surface area contributed by atoms with Crippen LogP contribution in [0.1, 0.15) is 19.4 Å². The minimum atomic E-state index is -0.870. The van der Waals surface area contributed by atoms with E-state index in [1.807, 2.05) is 38.1 Å². The van der Waals surface area contributed by atoms with E-state index < -0.39 is 5.97 Å². The highest BCUT2D eigenvalue weighted by Gasteiger charge is 2.11. The molecule has 0 heterocycles. The Morgan fingerprint density at radius 1 is 1.31 bits per heavy atom. The molecule has 0 amide bonds. The lowest BCUT2D eigenvalue weighted by atomic mass is 10.0. The average molecular weight is 220 g/mol. The van der Waals surface area contributed by atoms with Crippen LogP contribution in [0.15, 0.2) is 29.8 Å². The summed E-state index contributed by atoms with van der Waals surface area (Å²) < 4.78 is 5.03. The number of aliphatic carboxylic acids is 1. The monoisotopic (exact) mass is 220 g/mol. The van der Waals surface area contributed by atoms with Gasteiger partial charge in [0.25, 0.3) is 0 Å². The van der Waals surface area contributed by atoms with Crippen LogP contribution in [0.3, 0.4) is 0 Å². The SMILES string of the molecule is COc1ccc(/C=C(\C(=O)O)C(C)C)cc1. The van der Waals surface area contributed by atoms with Gasteiger partial charge in [-0.25, -0.2) is 4.79 Å². The van der Waals surface area contributed by atoms with Gasteiger partial charge >= 0.3 is 5.97 Å². The fourth-order valence-corrected chi connectivity index (χ4v) is 1.36. The molecule has 1 aromatic carbocycles. The van der Waals surface area contributed by atoms with E-state index in [1.165, 1.54) is 0 Å². The molecule has 0 aromatic heterocycles. The zero-order valence-corrected chi connectivity index (χ0v) is 9.73. The first-order valence-corrected chi connectivity index (χ1v) is 5.13. The number of carboxylic acid groups (broad SMARTS) is 1. The van der Waals surface area contributed by atoms with Gasteiger partial charge in [-0.2, -0.15) is 0 Å². The molecule has 0 atom stereocenters. The molecule has 16 heavy (non-hydrogen) atoms. The van der Waals surface area contributed by atoms with Crippen LogP contribution in [0.2, 0.25) is 0 Å². The van der Waals surface area contributed by atoms with Gasteiger partial charge in [-0.1, -0.05) is 26.0 Å². The van der Waals surface area contributed by atoms with E-state index in [0.717, 1.165) is 11.3 Å². The van der Waals surface area contributed by atoms with Crippen molar-refractivity contribution in [2.75, 3.05) is 7.11 Å². The first kappa shape index (κ1) is 12.3. The zero-order valence-electron chi connectivity index (χ0n) is 9.73. The van der Waals surface area contributed by atoms with Crippen LogP contribution < -0.4 is 4.74 Å². The zero-order chi connectivity index (χ0) is 12.1. The van der Waals surface area contributed by atoms with E-state index in [-0.39, 0.29) is 5.92 Å². The van der Waals surface area contributed by atoms with E-state index in [9.17, 15) is 4.79 Å². The smallest absolute Gasteiger partial charge is 0.331 e. The molecular formula is C13H16O3. The van der Waals surface area contributed by atoms with E-state index in [0.29, 0.717) is 5.57 Å². The number of carboxylic acids is 1. The van der Waals surface area contributed by atoms with Crippen LogP contribution in [0.4, 0.5) is 0 Å². The van der Waals surface area contributed by atoms with Gasteiger partial charge in [0.15, 0.2) is 0 Å². The summed E-state index contributed by atoms with van der Waals surface area (Å²) in [6, 6.07) is 7.30. The maximum Gasteiger partial charge on any atom is 0.331 e. The van der Waals surface area contributed by atoms with E-state index in [1.54, 1.807) is 13.2 Å². The van der Waals surface area contributed by atoms with Crippen molar-refractivity contribution in [3.8, 4) is 5.75 Å². The lowest BCUT2D eigenvalue weighted by Gasteiger charge is -2.06. The highest BCUT2D eigenvalue weighted by atomic mass is 16.5. The third-order valence-corrected chi connectivity index (χ3v) is 2.31. The van der Waals surface area contributed by atoms with Gasteiger partial charge in [-0.05, 0) is 29.7 Å². The molecule has 0 radical (unpaired) electrons. The van der Waals surface area contributed by atoms with Crippen LogP contribution in [0, 0.1) is 5.92 Å². The lowest BCUT2D eigenvalue weighted by Crippen LogP contribution is -2.06. The Bertz CT molecular complexity index is 388. The van der Waals surface area contributed by atoms with Gasteiger partial charge in [0, 0.05) is 5.57 Å². The molecular weight excluding hydrogens is 204 g/mol. The Morgan fingerprint density at radius 3 is 2.25 bits per heavy atom. The molecule has 0 bridgehead atoms. The maximum atomic E-state index is 11.0. The van der Waals surface area contributed by atoms with Crippen LogP contribution in [0.25, 0.3) is 6.08 Å². The van der Waals surface area contributed by atoms with Crippen molar-refractivity contribution >= 4 is 12.0 Å². The summed E-state index contributed by atoms with van der Waals surface area (Å²) in [7, 11) is 1.60. The number of ether oxygens (including phenoxy) is 1. The summed E-state index contributed by atoms with van der Waals surface area (Å²) in [5, 5.41) is 9.01. The molecule has 1 N–H and O–H groups in total. The summed E-state index contributed by atoms with van der Waals surface area (Å²) in [5.74, 6) is -0.107. The number of methoxy groups -OCH3 is 1. The van der Waals surface area contributed by atoms with Gasteiger partial charge in [-0.15, -0.1) is 0 Å². The van der Waals surface area contributed by atoms with Crippen molar-refractivity contribution in [3.63, 3.8) is 0 Å². The van der Waals surface area contributed by atoms with Crippen molar-refractivity contribution in [1.82, 2.24) is 0 Å². The number of benzene rings is 1. The minimum absolute atomic E-state index is 0.000369. The third-order valence-electron chi connectivity index (χ3n) is 2.31. The highest BCUT2D eigenvalue weighted by Crippen LogP contribution is 2.17. The molecule has 0 aliphatic carbocycles. The van der Waals surface area contributed by atoms with Crippen LogP contribution in [0.5, 0.6) is 5.75 Å². The van der Waals surface area contributed by atoms with Crippen molar-refractivity contribution in [2.45, 2.75) is 13.8 Å². The largest absolute Gasteiger partial charge is 0.497 e.